The molecule has 0 aromatic heterocycles. The summed E-state index contributed by atoms with van der Waals surface area (Å²) >= 11 is 0. The van der Waals surface area contributed by atoms with Gasteiger partial charge in [-0.15, -0.1) is 0 Å². The second-order valence-electron chi connectivity index (χ2n) is 7.36. The zero-order chi connectivity index (χ0) is 20.5. The van der Waals surface area contributed by atoms with Gasteiger partial charge in [-0.2, -0.15) is 0 Å². The van der Waals surface area contributed by atoms with Gasteiger partial charge in [0.1, 0.15) is 5.82 Å². The van der Waals surface area contributed by atoms with Gasteiger partial charge in [-0.3, -0.25) is 9.59 Å². The summed E-state index contributed by atoms with van der Waals surface area (Å²) in [6, 6.07) is 11.9. The molecule has 2 atom stereocenters. The Balaban J connectivity index is 1.71. The first-order valence-electron chi connectivity index (χ1n) is 9.54. The summed E-state index contributed by atoms with van der Waals surface area (Å²) in [7, 11) is 3.13. The number of hydrogen-bond donors (Lipinski definition) is 1. The minimum atomic E-state index is -0.543. The van der Waals surface area contributed by atoms with Crippen LogP contribution in [-0.2, 0) is 9.59 Å². The smallest absolute Gasteiger partial charge is 0.225 e. The number of benzene rings is 2. The highest BCUT2D eigenvalue weighted by atomic mass is 19.1. The number of hydrogen-bond acceptors (Lipinski definition) is 4. The van der Waals surface area contributed by atoms with Crippen molar-refractivity contribution >= 4 is 11.7 Å². The summed E-state index contributed by atoms with van der Waals surface area (Å²) in [5, 5.41) is 2.86. The normalized spacial score (nSPS) is 21.5. The number of rotatable bonds is 4. The lowest BCUT2D eigenvalue weighted by Gasteiger charge is -2.34. The lowest BCUT2D eigenvalue weighted by molar-refractivity contribution is -0.122. The largest absolute Gasteiger partial charge is 0.493 e. The van der Waals surface area contributed by atoms with Gasteiger partial charge >= 0.3 is 0 Å². The van der Waals surface area contributed by atoms with Crippen molar-refractivity contribution in [2.24, 2.45) is 0 Å². The molecule has 0 spiro atoms. The van der Waals surface area contributed by atoms with Gasteiger partial charge in [-0.1, -0.05) is 24.3 Å². The maximum atomic E-state index is 14.4. The summed E-state index contributed by atoms with van der Waals surface area (Å²) < 4.78 is 25.0. The predicted octanol–water partition coefficient (Wildman–Crippen LogP) is 3.85. The van der Waals surface area contributed by atoms with Gasteiger partial charge in [0, 0.05) is 30.0 Å². The monoisotopic (exact) mass is 395 g/mol. The molecule has 1 N–H and O–H groups in total. The number of halogens is 1. The number of carbonyl (C=O) groups excluding carboxylic acids is 2. The van der Waals surface area contributed by atoms with E-state index in [1.165, 1.54) is 6.07 Å². The van der Waals surface area contributed by atoms with E-state index in [0.29, 0.717) is 41.2 Å². The SMILES string of the molecule is COc1ccc(C2CC(=O)C3=C(C2)NC(=O)CC3c2ccccc2F)cc1OC. The first-order valence-corrected chi connectivity index (χ1v) is 9.54. The van der Waals surface area contributed by atoms with Gasteiger partial charge in [-0.25, -0.2) is 4.39 Å². The standard InChI is InChI=1S/C23H22FNO4/c1-28-20-8-7-13(11-21(20)29-2)14-9-18-23(19(26)10-14)16(12-22(27)25-18)15-5-3-4-6-17(15)24/h3-8,11,14,16H,9-10,12H2,1-2H3,(H,25,27). The number of amides is 1. The zero-order valence-electron chi connectivity index (χ0n) is 16.3. The van der Waals surface area contributed by atoms with Gasteiger partial charge in [-0.05, 0) is 41.7 Å². The van der Waals surface area contributed by atoms with Crippen LogP contribution in [0.25, 0.3) is 0 Å². The second-order valence-corrected chi connectivity index (χ2v) is 7.36. The third-order valence-electron chi connectivity index (χ3n) is 5.70. The number of ketones is 1. The van der Waals surface area contributed by atoms with Crippen molar-refractivity contribution in [1.82, 2.24) is 5.32 Å². The molecule has 2 aliphatic rings. The molecule has 0 saturated heterocycles. The van der Waals surface area contributed by atoms with Crippen molar-refractivity contribution in [3.63, 3.8) is 0 Å². The van der Waals surface area contributed by atoms with E-state index in [-0.39, 0.29) is 24.0 Å². The van der Waals surface area contributed by atoms with E-state index in [4.69, 9.17) is 9.47 Å². The summed E-state index contributed by atoms with van der Waals surface area (Å²) in [6.45, 7) is 0. The molecule has 1 aliphatic carbocycles. The Morgan fingerprint density at radius 1 is 0.966 bits per heavy atom. The third kappa shape index (κ3) is 3.50. The Kier molecular flexibility index (Phi) is 5.09. The molecule has 0 radical (unpaired) electrons. The van der Waals surface area contributed by atoms with Gasteiger partial charge in [0.25, 0.3) is 0 Å². The lowest BCUT2D eigenvalue weighted by Crippen LogP contribution is -2.38. The van der Waals surface area contributed by atoms with Crippen LogP contribution in [0.3, 0.4) is 0 Å². The Morgan fingerprint density at radius 2 is 1.72 bits per heavy atom. The third-order valence-corrected chi connectivity index (χ3v) is 5.70. The fourth-order valence-corrected chi connectivity index (χ4v) is 4.33. The highest BCUT2D eigenvalue weighted by Gasteiger charge is 2.39. The van der Waals surface area contributed by atoms with Crippen LogP contribution in [0, 0.1) is 5.82 Å². The van der Waals surface area contributed by atoms with E-state index in [1.807, 2.05) is 18.2 Å². The maximum Gasteiger partial charge on any atom is 0.225 e. The van der Waals surface area contributed by atoms with Crippen molar-refractivity contribution in [2.75, 3.05) is 14.2 Å². The molecule has 4 rings (SSSR count). The number of Topliss-reactive ketones (excluding diaryl/α,β-unsaturated/α-hetero) is 1. The van der Waals surface area contributed by atoms with E-state index in [2.05, 4.69) is 5.32 Å². The van der Waals surface area contributed by atoms with E-state index < -0.39 is 11.7 Å². The van der Waals surface area contributed by atoms with Crippen LogP contribution in [0.5, 0.6) is 11.5 Å². The Bertz CT molecular complexity index is 1010. The molecule has 1 heterocycles. The molecule has 29 heavy (non-hydrogen) atoms. The topological polar surface area (TPSA) is 64.6 Å². The average Bonchev–Trinajstić information content (AvgIpc) is 2.72. The predicted molar refractivity (Wildman–Crippen MR) is 105 cm³/mol. The lowest BCUT2D eigenvalue weighted by atomic mass is 9.73. The molecule has 1 aliphatic heterocycles. The summed E-state index contributed by atoms with van der Waals surface area (Å²) in [5.41, 5.74) is 2.47. The van der Waals surface area contributed by atoms with Crippen LogP contribution in [0.1, 0.15) is 42.2 Å². The number of allylic oxidation sites excluding steroid dienone is 2. The minimum absolute atomic E-state index is 0.0562. The van der Waals surface area contributed by atoms with Crippen molar-refractivity contribution in [2.45, 2.75) is 31.1 Å². The highest BCUT2D eigenvalue weighted by Crippen LogP contribution is 2.44. The molecular weight excluding hydrogens is 373 g/mol. The van der Waals surface area contributed by atoms with Crippen LogP contribution in [-0.4, -0.2) is 25.9 Å². The van der Waals surface area contributed by atoms with Gasteiger partial charge in [0.05, 0.1) is 14.2 Å². The molecule has 1 amide bonds. The fraction of sp³-hybridized carbons (Fsp3) is 0.304. The molecular formula is C23H22FNO4. The van der Waals surface area contributed by atoms with E-state index in [1.54, 1.807) is 32.4 Å². The van der Waals surface area contributed by atoms with E-state index >= 15 is 0 Å². The molecule has 2 unspecified atom stereocenters. The highest BCUT2D eigenvalue weighted by molar-refractivity contribution is 6.02. The maximum absolute atomic E-state index is 14.4. The first-order chi connectivity index (χ1) is 14.0. The molecule has 2 aromatic carbocycles. The van der Waals surface area contributed by atoms with Gasteiger partial charge in [0.15, 0.2) is 17.3 Å². The summed E-state index contributed by atoms with van der Waals surface area (Å²) in [5.74, 6) is -0.0801. The first kappa shape index (κ1) is 19.2. The molecule has 0 fully saturated rings. The van der Waals surface area contributed by atoms with Crippen LogP contribution in [0.15, 0.2) is 53.7 Å². The van der Waals surface area contributed by atoms with E-state index in [0.717, 1.165) is 5.56 Å². The number of methoxy groups -OCH3 is 2. The number of ether oxygens (including phenoxy) is 2. The fourth-order valence-electron chi connectivity index (χ4n) is 4.33. The molecule has 5 nitrogen and oxygen atoms in total. The number of carbonyl (C=O) groups is 2. The van der Waals surface area contributed by atoms with Crippen molar-refractivity contribution in [3.05, 3.63) is 70.7 Å². The molecule has 150 valence electrons. The Labute approximate surface area is 168 Å². The van der Waals surface area contributed by atoms with Crippen LogP contribution in [0.4, 0.5) is 4.39 Å². The second kappa shape index (κ2) is 7.70. The minimum Gasteiger partial charge on any atom is -0.493 e. The quantitative estimate of drug-likeness (QED) is 0.854. The van der Waals surface area contributed by atoms with Crippen molar-refractivity contribution in [1.29, 1.82) is 0 Å². The van der Waals surface area contributed by atoms with Crippen molar-refractivity contribution < 1.29 is 23.5 Å². The summed E-state index contributed by atoms with van der Waals surface area (Å²) in [6.07, 6.45) is 0.884. The molecule has 2 aromatic rings. The Hall–Kier alpha value is -3.15. The summed E-state index contributed by atoms with van der Waals surface area (Å²) in [4.78, 5) is 25.4. The van der Waals surface area contributed by atoms with Crippen LogP contribution >= 0.6 is 0 Å². The molecule has 0 saturated carbocycles. The van der Waals surface area contributed by atoms with Gasteiger partial charge in [0.2, 0.25) is 5.91 Å². The van der Waals surface area contributed by atoms with E-state index in [9.17, 15) is 14.0 Å². The molecule has 0 bridgehead atoms. The van der Waals surface area contributed by atoms with Crippen molar-refractivity contribution in [3.8, 4) is 11.5 Å². The number of nitrogens with one attached hydrogen (secondary N) is 1. The Morgan fingerprint density at radius 3 is 2.45 bits per heavy atom. The van der Waals surface area contributed by atoms with Crippen LogP contribution in [0.2, 0.25) is 0 Å². The van der Waals surface area contributed by atoms with Gasteiger partial charge < -0.3 is 14.8 Å². The van der Waals surface area contributed by atoms with Crippen LogP contribution < -0.4 is 14.8 Å². The molecule has 6 heteroatoms. The average molecular weight is 395 g/mol. The zero-order valence-corrected chi connectivity index (χ0v) is 16.3.